The molecular weight excluding hydrogens is 216 g/mol. The van der Waals surface area contributed by atoms with Crippen molar-refractivity contribution in [3.05, 3.63) is 35.4 Å². The molecule has 0 heterocycles. The molecule has 106 valence electrons. The van der Waals surface area contributed by atoms with Crippen LogP contribution in [0.5, 0.6) is 0 Å². The topological polar surface area (TPSA) is 0 Å². The summed E-state index contributed by atoms with van der Waals surface area (Å²) in [6.45, 7) is 8.93. The Bertz CT molecular complexity index is 244. The minimum Gasteiger partial charge on any atom is -0.0776 e. The second-order valence-electron chi connectivity index (χ2n) is 5.52. The predicted molar refractivity (Wildman–Crippen MR) is 86.2 cm³/mol. The Hall–Kier alpha value is -0.780. The van der Waals surface area contributed by atoms with Crippen LogP contribution in [0.1, 0.15) is 65.5 Å². The van der Waals surface area contributed by atoms with E-state index in [1.807, 2.05) is 0 Å². The largest absolute Gasteiger partial charge is 0.0776 e. The Labute approximate surface area is 116 Å². The lowest BCUT2D eigenvalue weighted by atomic mass is 9.84. The van der Waals surface area contributed by atoms with Crippen LogP contribution in [-0.4, -0.2) is 0 Å². The van der Waals surface area contributed by atoms with Gasteiger partial charge >= 0.3 is 0 Å². The van der Waals surface area contributed by atoms with Crippen molar-refractivity contribution in [2.24, 2.45) is 11.8 Å². The van der Waals surface area contributed by atoms with Gasteiger partial charge in [-0.15, -0.1) is 0 Å². The third-order valence-corrected chi connectivity index (χ3v) is 3.52. The van der Waals surface area contributed by atoms with E-state index in [9.17, 15) is 0 Å². The normalized spacial score (nSPS) is 21.8. The van der Waals surface area contributed by atoms with Crippen LogP contribution in [0.25, 0.3) is 0 Å². The smallest absolute Gasteiger partial charge is 0.0398 e. The van der Waals surface area contributed by atoms with Gasteiger partial charge in [-0.3, -0.25) is 0 Å². The number of hydrogen-bond donors (Lipinski definition) is 0. The molecule has 1 aromatic carbocycles. The Morgan fingerprint density at radius 1 is 0.667 bits per heavy atom. The average Bonchev–Trinajstić information content (AvgIpc) is 2.28. The first-order valence-electron chi connectivity index (χ1n) is 6.61. The molecule has 1 aliphatic rings. The molecule has 0 N–H and O–H groups in total. The lowest BCUT2D eigenvalue weighted by Crippen LogP contribution is -2.08. The van der Waals surface area contributed by atoms with Gasteiger partial charge in [0, 0.05) is 0 Å². The first-order valence-corrected chi connectivity index (χ1v) is 6.61. The molecule has 0 atom stereocenters. The summed E-state index contributed by atoms with van der Waals surface area (Å²) in [6, 6.07) is 8.48. The lowest BCUT2D eigenvalue weighted by Gasteiger charge is -2.22. The highest BCUT2D eigenvalue weighted by Gasteiger charge is 2.13. The Kier molecular flexibility index (Phi) is 11.1. The van der Waals surface area contributed by atoms with E-state index in [2.05, 4.69) is 52.0 Å². The summed E-state index contributed by atoms with van der Waals surface area (Å²) in [5, 5.41) is 0. The highest BCUT2D eigenvalue weighted by atomic mass is 14.2. The Morgan fingerprint density at radius 2 is 0.889 bits per heavy atom. The van der Waals surface area contributed by atoms with E-state index in [-0.39, 0.29) is 14.9 Å². The monoisotopic (exact) mass is 250 g/mol. The summed E-state index contributed by atoms with van der Waals surface area (Å²) in [5.41, 5.74) is 2.66. The van der Waals surface area contributed by atoms with Gasteiger partial charge in [0.2, 0.25) is 0 Å². The maximum atomic E-state index is 2.37. The molecule has 0 aliphatic heterocycles. The van der Waals surface area contributed by atoms with Crippen LogP contribution in [-0.2, 0) is 0 Å². The first kappa shape index (κ1) is 19.6. The zero-order chi connectivity index (χ0) is 12.0. The van der Waals surface area contributed by atoms with E-state index in [4.69, 9.17) is 0 Å². The lowest BCUT2D eigenvalue weighted by molar-refractivity contribution is 0.308. The van der Waals surface area contributed by atoms with E-state index in [0.29, 0.717) is 0 Å². The van der Waals surface area contributed by atoms with Crippen LogP contribution in [0.4, 0.5) is 0 Å². The molecule has 1 saturated carbocycles. The van der Waals surface area contributed by atoms with Gasteiger partial charge in [0.05, 0.1) is 0 Å². The van der Waals surface area contributed by atoms with Gasteiger partial charge in [-0.25, -0.2) is 0 Å². The maximum Gasteiger partial charge on any atom is -0.0398 e. The molecule has 0 spiro atoms. The van der Waals surface area contributed by atoms with Crippen LogP contribution in [0, 0.1) is 25.7 Å². The highest BCUT2D eigenvalue weighted by Crippen LogP contribution is 2.27. The highest BCUT2D eigenvalue weighted by molar-refractivity contribution is 5.19. The van der Waals surface area contributed by atoms with Crippen molar-refractivity contribution in [1.82, 2.24) is 0 Å². The van der Waals surface area contributed by atoms with Crippen molar-refractivity contribution < 1.29 is 0 Å². The molecule has 0 aromatic heterocycles. The SMILES string of the molecule is C.C.CC1CCC(C)CC1.Cc1ccc(C)cc1. The average molecular weight is 250 g/mol. The van der Waals surface area contributed by atoms with Gasteiger partial charge in [-0.1, -0.05) is 89.8 Å². The van der Waals surface area contributed by atoms with Gasteiger partial charge in [0.25, 0.3) is 0 Å². The molecule has 0 heteroatoms. The fraction of sp³-hybridized carbons (Fsp3) is 0.667. The standard InChI is InChI=1S/C8H16.C8H10.2CH4/c2*1-7-3-5-8(2)6-4-7;;/h7-8H,3-6H2,1-2H3;3-6H,1-2H3;2*1H4. The summed E-state index contributed by atoms with van der Waals surface area (Å²) in [4.78, 5) is 0. The van der Waals surface area contributed by atoms with Crippen molar-refractivity contribution in [3.8, 4) is 0 Å². The van der Waals surface area contributed by atoms with Crippen LogP contribution < -0.4 is 0 Å². The van der Waals surface area contributed by atoms with E-state index in [0.717, 1.165) is 11.8 Å². The van der Waals surface area contributed by atoms with Crippen LogP contribution in [0.2, 0.25) is 0 Å². The molecule has 0 saturated heterocycles. The van der Waals surface area contributed by atoms with E-state index in [1.54, 1.807) is 0 Å². The van der Waals surface area contributed by atoms with Crippen LogP contribution >= 0.6 is 0 Å². The Balaban J connectivity index is 0. The third-order valence-electron chi connectivity index (χ3n) is 3.52. The molecule has 0 amide bonds. The molecule has 2 rings (SSSR count). The number of aryl methyl sites for hydroxylation is 2. The summed E-state index contributed by atoms with van der Waals surface area (Å²) >= 11 is 0. The Morgan fingerprint density at radius 3 is 1.11 bits per heavy atom. The molecular formula is C18H34. The van der Waals surface area contributed by atoms with E-state index < -0.39 is 0 Å². The molecule has 1 fully saturated rings. The third kappa shape index (κ3) is 8.33. The van der Waals surface area contributed by atoms with Crippen molar-refractivity contribution in [2.45, 2.75) is 68.2 Å². The molecule has 0 bridgehead atoms. The van der Waals surface area contributed by atoms with Crippen molar-refractivity contribution in [2.75, 3.05) is 0 Å². The fourth-order valence-corrected chi connectivity index (χ4v) is 2.06. The first-order chi connectivity index (χ1) is 7.58. The molecule has 0 unspecified atom stereocenters. The van der Waals surface area contributed by atoms with Gasteiger partial charge in [-0.2, -0.15) is 0 Å². The molecule has 0 radical (unpaired) electrons. The van der Waals surface area contributed by atoms with Gasteiger partial charge in [0.1, 0.15) is 0 Å². The van der Waals surface area contributed by atoms with Gasteiger partial charge in [-0.05, 0) is 25.7 Å². The zero-order valence-electron chi connectivity index (χ0n) is 11.3. The molecule has 0 nitrogen and oxygen atoms in total. The van der Waals surface area contributed by atoms with Gasteiger partial charge < -0.3 is 0 Å². The quantitative estimate of drug-likeness (QED) is 0.499. The summed E-state index contributed by atoms with van der Waals surface area (Å²) in [7, 11) is 0. The maximum absolute atomic E-state index is 2.37. The van der Waals surface area contributed by atoms with Crippen molar-refractivity contribution >= 4 is 0 Å². The van der Waals surface area contributed by atoms with Crippen molar-refractivity contribution in [3.63, 3.8) is 0 Å². The predicted octanol–water partition coefficient (Wildman–Crippen LogP) is 6.41. The fourth-order valence-electron chi connectivity index (χ4n) is 2.06. The number of hydrogen-bond acceptors (Lipinski definition) is 0. The second-order valence-corrected chi connectivity index (χ2v) is 5.52. The summed E-state index contributed by atoms with van der Waals surface area (Å²) in [5.74, 6) is 2.04. The molecule has 1 aromatic rings. The van der Waals surface area contributed by atoms with Crippen LogP contribution in [0.15, 0.2) is 24.3 Å². The number of benzene rings is 1. The van der Waals surface area contributed by atoms with Crippen molar-refractivity contribution in [1.29, 1.82) is 0 Å². The van der Waals surface area contributed by atoms with E-state index in [1.165, 1.54) is 36.8 Å². The van der Waals surface area contributed by atoms with E-state index >= 15 is 0 Å². The summed E-state index contributed by atoms with van der Waals surface area (Å²) < 4.78 is 0. The molecule has 1 aliphatic carbocycles. The minimum atomic E-state index is 0. The second kappa shape index (κ2) is 10.2. The van der Waals surface area contributed by atoms with Crippen LogP contribution in [0.3, 0.4) is 0 Å². The summed E-state index contributed by atoms with van der Waals surface area (Å²) in [6.07, 6.45) is 5.89. The zero-order valence-corrected chi connectivity index (χ0v) is 11.3. The minimum absolute atomic E-state index is 0. The van der Waals surface area contributed by atoms with Gasteiger partial charge in [0.15, 0.2) is 0 Å². The molecule has 18 heavy (non-hydrogen) atoms. The number of rotatable bonds is 0.